The first kappa shape index (κ1) is 27.6. The van der Waals surface area contributed by atoms with Crippen molar-refractivity contribution in [3.8, 4) is 0 Å². The molecule has 194 valence electrons. The third kappa shape index (κ3) is 7.48. The molecule has 3 aromatic carbocycles. The quantitative estimate of drug-likeness (QED) is 0.326. The number of carbonyl (C=O) groups excluding carboxylic acids is 3. The summed E-state index contributed by atoms with van der Waals surface area (Å²) in [6.07, 6.45) is -2.08. The molecule has 10 heteroatoms. The normalized spacial score (nSPS) is 13.6. The number of hydrogen-bond acceptors (Lipinski definition) is 7. The van der Waals surface area contributed by atoms with Crippen LogP contribution in [0.25, 0.3) is 0 Å². The van der Waals surface area contributed by atoms with Crippen LogP contribution < -0.4 is 10.6 Å². The molecule has 9 nitrogen and oxygen atoms in total. The molecule has 0 saturated carbocycles. The minimum absolute atomic E-state index is 0.0812. The fourth-order valence-electron chi connectivity index (χ4n) is 3.64. The Morgan fingerprint density at radius 2 is 1.38 bits per heavy atom. The predicted octanol–water partition coefficient (Wildman–Crippen LogP) is 2.04. The highest BCUT2D eigenvalue weighted by Gasteiger charge is 2.33. The standard InChI is InChI=1S/C27H28N2O7S/c1-36-27(33)22(17-18-37(34,35)21-15-9-4-10-16-21)28-26(32)24(30)23(19-11-5-2-6-12-19)29-25(31)20-13-7-3-8-14-20/h2-16,22-24,30H,17-18H2,1H3,(H,28,32)(H,29,31)/t22-,23+,24-/m1/s1. The van der Waals surface area contributed by atoms with Crippen molar-refractivity contribution in [2.45, 2.75) is 29.5 Å². The second kappa shape index (κ2) is 12.8. The van der Waals surface area contributed by atoms with Gasteiger partial charge in [-0.25, -0.2) is 13.2 Å². The van der Waals surface area contributed by atoms with Gasteiger partial charge in [-0.05, 0) is 36.2 Å². The SMILES string of the molecule is COC(=O)[C@@H](CCS(=O)(=O)c1ccccc1)NC(=O)[C@H](O)[C@@H](NC(=O)c1ccccc1)c1ccccc1. The highest BCUT2D eigenvalue weighted by Crippen LogP contribution is 2.19. The van der Waals surface area contributed by atoms with E-state index in [-0.39, 0.29) is 11.3 Å². The Morgan fingerprint density at radius 1 is 0.838 bits per heavy atom. The van der Waals surface area contributed by atoms with Gasteiger partial charge in [-0.2, -0.15) is 0 Å². The Kier molecular flexibility index (Phi) is 9.53. The monoisotopic (exact) mass is 524 g/mol. The summed E-state index contributed by atoms with van der Waals surface area (Å²) >= 11 is 0. The Bertz CT molecular complexity index is 1300. The zero-order valence-corrected chi connectivity index (χ0v) is 20.9. The number of rotatable bonds is 11. The van der Waals surface area contributed by atoms with Crippen molar-refractivity contribution < 1.29 is 32.6 Å². The number of benzene rings is 3. The summed E-state index contributed by atoms with van der Waals surface area (Å²) in [6, 6.07) is 21.9. The van der Waals surface area contributed by atoms with Crippen LogP contribution in [0, 0.1) is 0 Å². The molecule has 3 N–H and O–H groups in total. The number of ether oxygens (including phenoxy) is 1. The van der Waals surface area contributed by atoms with Crippen molar-refractivity contribution in [2.24, 2.45) is 0 Å². The topological polar surface area (TPSA) is 139 Å². The van der Waals surface area contributed by atoms with E-state index in [2.05, 4.69) is 10.6 Å². The van der Waals surface area contributed by atoms with E-state index in [1.165, 1.54) is 12.1 Å². The lowest BCUT2D eigenvalue weighted by atomic mass is 9.99. The van der Waals surface area contributed by atoms with Crippen molar-refractivity contribution in [3.05, 3.63) is 102 Å². The molecule has 0 aliphatic rings. The molecule has 0 radical (unpaired) electrons. The van der Waals surface area contributed by atoms with Crippen LogP contribution in [-0.2, 0) is 24.2 Å². The maximum absolute atomic E-state index is 13.0. The lowest BCUT2D eigenvalue weighted by Crippen LogP contribution is -2.50. The van der Waals surface area contributed by atoms with Crippen LogP contribution in [0.4, 0.5) is 0 Å². The summed E-state index contributed by atoms with van der Waals surface area (Å²) in [4.78, 5) is 38.2. The van der Waals surface area contributed by atoms with E-state index in [4.69, 9.17) is 4.74 Å². The van der Waals surface area contributed by atoms with Crippen molar-refractivity contribution in [3.63, 3.8) is 0 Å². The van der Waals surface area contributed by atoms with E-state index in [9.17, 15) is 27.9 Å². The first-order chi connectivity index (χ1) is 17.7. The molecule has 3 atom stereocenters. The van der Waals surface area contributed by atoms with Gasteiger partial charge in [-0.1, -0.05) is 66.7 Å². The summed E-state index contributed by atoms with van der Waals surface area (Å²) in [5.41, 5.74) is 0.783. The first-order valence-electron chi connectivity index (χ1n) is 11.5. The van der Waals surface area contributed by atoms with Crippen LogP contribution in [0.2, 0.25) is 0 Å². The molecular formula is C27H28N2O7S. The predicted molar refractivity (Wildman–Crippen MR) is 136 cm³/mol. The number of methoxy groups -OCH3 is 1. The average Bonchev–Trinajstić information content (AvgIpc) is 2.94. The van der Waals surface area contributed by atoms with E-state index in [0.717, 1.165) is 7.11 Å². The van der Waals surface area contributed by atoms with Crippen molar-refractivity contribution in [2.75, 3.05) is 12.9 Å². The Hall–Kier alpha value is -4.02. The number of esters is 1. The fraction of sp³-hybridized carbons (Fsp3) is 0.222. The summed E-state index contributed by atoms with van der Waals surface area (Å²) < 4.78 is 30.0. The van der Waals surface area contributed by atoms with Crippen LogP contribution in [0.5, 0.6) is 0 Å². The zero-order valence-electron chi connectivity index (χ0n) is 20.1. The molecule has 0 unspecified atom stereocenters. The Morgan fingerprint density at radius 3 is 1.95 bits per heavy atom. The van der Waals surface area contributed by atoms with E-state index in [1.807, 2.05) is 0 Å². The molecule has 2 amide bonds. The van der Waals surface area contributed by atoms with E-state index < -0.39 is 51.6 Å². The van der Waals surface area contributed by atoms with Gasteiger partial charge in [0.1, 0.15) is 6.04 Å². The summed E-state index contributed by atoms with van der Waals surface area (Å²) in [5.74, 6) is -2.80. The van der Waals surface area contributed by atoms with Gasteiger partial charge in [0.05, 0.1) is 23.8 Å². The number of amides is 2. The molecule has 37 heavy (non-hydrogen) atoms. The number of aliphatic hydroxyl groups is 1. The molecule has 3 aromatic rings. The lowest BCUT2D eigenvalue weighted by molar-refractivity contribution is -0.146. The molecule has 0 aliphatic heterocycles. The third-order valence-corrected chi connectivity index (χ3v) is 7.41. The maximum atomic E-state index is 13.0. The average molecular weight is 525 g/mol. The van der Waals surface area contributed by atoms with Gasteiger partial charge in [-0.15, -0.1) is 0 Å². The Labute approximate surface area is 215 Å². The lowest BCUT2D eigenvalue weighted by Gasteiger charge is -2.26. The second-order valence-electron chi connectivity index (χ2n) is 8.18. The maximum Gasteiger partial charge on any atom is 0.328 e. The van der Waals surface area contributed by atoms with Crippen LogP contribution in [-0.4, -0.2) is 56.3 Å². The van der Waals surface area contributed by atoms with Crippen molar-refractivity contribution in [1.29, 1.82) is 0 Å². The van der Waals surface area contributed by atoms with Crippen LogP contribution in [0.1, 0.15) is 28.4 Å². The molecule has 0 bridgehead atoms. The molecule has 0 heterocycles. The summed E-state index contributed by atoms with van der Waals surface area (Å²) in [6.45, 7) is 0. The molecular weight excluding hydrogens is 496 g/mol. The number of sulfone groups is 1. The van der Waals surface area contributed by atoms with E-state index >= 15 is 0 Å². The van der Waals surface area contributed by atoms with Crippen LogP contribution in [0.3, 0.4) is 0 Å². The highest BCUT2D eigenvalue weighted by atomic mass is 32.2. The smallest absolute Gasteiger partial charge is 0.328 e. The highest BCUT2D eigenvalue weighted by molar-refractivity contribution is 7.91. The van der Waals surface area contributed by atoms with Crippen molar-refractivity contribution >= 4 is 27.6 Å². The van der Waals surface area contributed by atoms with Gasteiger partial charge in [0.2, 0.25) is 0 Å². The molecule has 0 aromatic heterocycles. The summed E-state index contributed by atoms with van der Waals surface area (Å²) in [7, 11) is -2.63. The number of carbonyl (C=O) groups is 3. The molecule has 0 spiro atoms. The number of aliphatic hydroxyl groups excluding tert-OH is 1. The van der Waals surface area contributed by atoms with Crippen molar-refractivity contribution in [1.82, 2.24) is 10.6 Å². The van der Waals surface area contributed by atoms with Gasteiger partial charge in [-0.3, -0.25) is 9.59 Å². The largest absolute Gasteiger partial charge is 0.467 e. The van der Waals surface area contributed by atoms with Gasteiger partial charge in [0, 0.05) is 5.56 Å². The molecule has 0 aliphatic carbocycles. The fourth-order valence-corrected chi connectivity index (χ4v) is 4.99. The van der Waals surface area contributed by atoms with Gasteiger partial charge >= 0.3 is 5.97 Å². The van der Waals surface area contributed by atoms with Crippen LogP contribution in [0.15, 0.2) is 95.9 Å². The minimum atomic E-state index is -3.74. The minimum Gasteiger partial charge on any atom is -0.467 e. The second-order valence-corrected chi connectivity index (χ2v) is 10.3. The van der Waals surface area contributed by atoms with Crippen LogP contribution >= 0.6 is 0 Å². The van der Waals surface area contributed by atoms with Gasteiger partial charge in [0.15, 0.2) is 15.9 Å². The Balaban J connectivity index is 1.77. The number of nitrogens with one attached hydrogen (secondary N) is 2. The van der Waals surface area contributed by atoms with Gasteiger partial charge in [0.25, 0.3) is 11.8 Å². The van der Waals surface area contributed by atoms with E-state index in [1.54, 1.807) is 78.9 Å². The molecule has 0 saturated heterocycles. The number of hydrogen-bond donors (Lipinski definition) is 3. The van der Waals surface area contributed by atoms with E-state index in [0.29, 0.717) is 11.1 Å². The molecule has 3 rings (SSSR count). The van der Waals surface area contributed by atoms with Gasteiger partial charge < -0.3 is 20.5 Å². The summed E-state index contributed by atoms with van der Waals surface area (Å²) in [5, 5.41) is 16.0. The molecule has 0 fully saturated rings. The first-order valence-corrected chi connectivity index (χ1v) is 13.1. The zero-order chi connectivity index (χ0) is 26.8. The third-order valence-electron chi connectivity index (χ3n) is 5.65.